The van der Waals surface area contributed by atoms with Gasteiger partial charge in [-0.2, -0.15) is 5.10 Å². The van der Waals surface area contributed by atoms with Gasteiger partial charge in [0.15, 0.2) is 0 Å². The second-order valence-corrected chi connectivity index (χ2v) is 8.46. The van der Waals surface area contributed by atoms with Crippen LogP contribution in [0.2, 0.25) is 0 Å². The van der Waals surface area contributed by atoms with Crippen LogP contribution < -0.4 is 10.7 Å². The highest BCUT2D eigenvalue weighted by atomic mass is 32.1. The molecule has 2 heterocycles. The van der Waals surface area contributed by atoms with Gasteiger partial charge in [-0.25, -0.2) is 9.55 Å². The van der Waals surface area contributed by atoms with Gasteiger partial charge in [-0.15, -0.1) is 0 Å². The smallest absolute Gasteiger partial charge is 0.225 e. The lowest BCUT2D eigenvalue weighted by atomic mass is 10.1. The summed E-state index contributed by atoms with van der Waals surface area (Å²) in [7, 11) is 0. The van der Waals surface area contributed by atoms with E-state index in [0.29, 0.717) is 24.5 Å². The first kappa shape index (κ1) is 23.2. The van der Waals surface area contributed by atoms with E-state index in [1.807, 2.05) is 91.0 Å². The second kappa shape index (κ2) is 10.8. The quantitative estimate of drug-likeness (QED) is 0.186. The highest BCUT2D eigenvalue weighted by Crippen LogP contribution is 2.33. The Balaban J connectivity index is 1.41. The molecule has 0 atom stereocenters. The molecule has 0 spiro atoms. The van der Waals surface area contributed by atoms with Gasteiger partial charge in [0.1, 0.15) is 11.5 Å². The maximum Gasteiger partial charge on any atom is 0.225 e. The summed E-state index contributed by atoms with van der Waals surface area (Å²) in [5.74, 6) is 0.556. The normalized spacial score (nSPS) is 13.3. The number of aromatic nitrogens is 2. The first-order chi connectivity index (χ1) is 17.7. The Morgan fingerprint density at radius 3 is 2.50 bits per heavy atom. The molecule has 5 rings (SSSR count). The predicted octanol–water partition coefficient (Wildman–Crippen LogP) is 5.26. The highest BCUT2D eigenvalue weighted by Gasteiger charge is 2.20. The molecule has 8 heteroatoms. The number of thiocarbonyl (C=S) groups is 1. The monoisotopic (exact) mass is 492 g/mol. The van der Waals surface area contributed by atoms with Crippen LogP contribution in [0.1, 0.15) is 22.6 Å². The van der Waals surface area contributed by atoms with Crippen LogP contribution in [0.4, 0.5) is 11.4 Å². The Hall–Kier alpha value is -4.56. The number of hydrogen-bond acceptors (Lipinski definition) is 6. The average molecular weight is 493 g/mol. The minimum atomic E-state index is -0.0533. The van der Waals surface area contributed by atoms with Crippen molar-refractivity contribution in [3.63, 3.8) is 0 Å². The SMILES string of the molecule is Oc1c(/C=C2\C=Nc3ccccc32)nc(CCNc2ccccc2)n1C(=S)N/N=C/c1ccccc1. The lowest BCUT2D eigenvalue weighted by Crippen LogP contribution is -2.26. The Bertz CT molecular complexity index is 1460. The van der Waals surface area contributed by atoms with Crippen molar-refractivity contribution in [2.75, 3.05) is 11.9 Å². The minimum absolute atomic E-state index is 0.0533. The van der Waals surface area contributed by atoms with Gasteiger partial charge < -0.3 is 10.4 Å². The molecule has 1 aliphatic heterocycles. The van der Waals surface area contributed by atoms with Crippen molar-refractivity contribution in [1.29, 1.82) is 0 Å². The number of aliphatic imine (C=N–C) groups is 1. The van der Waals surface area contributed by atoms with E-state index in [0.717, 1.165) is 28.1 Å². The Kier molecular flexibility index (Phi) is 6.95. The molecule has 0 aliphatic carbocycles. The number of hydrazone groups is 1. The number of aromatic hydroxyl groups is 1. The largest absolute Gasteiger partial charge is 0.493 e. The van der Waals surface area contributed by atoms with Crippen molar-refractivity contribution in [2.45, 2.75) is 6.42 Å². The fraction of sp³-hybridized carbons (Fsp3) is 0.0714. The third kappa shape index (κ3) is 5.24. The van der Waals surface area contributed by atoms with Crippen molar-refractivity contribution < 1.29 is 5.11 Å². The molecule has 4 aromatic rings. The molecular formula is C28H24N6OS. The molecule has 178 valence electrons. The minimum Gasteiger partial charge on any atom is -0.493 e. The van der Waals surface area contributed by atoms with Crippen molar-refractivity contribution in [1.82, 2.24) is 15.0 Å². The molecule has 0 saturated carbocycles. The summed E-state index contributed by atoms with van der Waals surface area (Å²) in [4.78, 5) is 9.17. The fourth-order valence-electron chi connectivity index (χ4n) is 3.88. The average Bonchev–Trinajstić information content (AvgIpc) is 3.46. The number of hydrogen-bond donors (Lipinski definition) is 3. The van der Waals surface area contributed by atoms with Crippen LogP contribution in [-0.2, 0) is 6.42 Å². The maximum absolute atomic E-state index is 11.1. The summed E-state index contributed by atoms with van der Waals surface area (Å²) in [6, 6.07) is 27.5. The van der Waals surface area contributed by atoms with Crippen LogP contribution in [-0.4, -0.2) is 38.7 Å². The number of imidazole rings is 1. The van der Waals surface area contributed by atoms with Crippen LogP contribution in [0.15, 0.2) is 95.0 Å². The predicted molar refractivity (Wildman–Crippen MR) is 150 cm³/mol. The molecule has 36 heavy (non-hydrogen) atoms. The second-order valence-electron chi connectivity index (χ2n) is 8.08. The zero-order chi connectivity index (χ0) is 24.7. The molecular weight excluding hydrogens is 468 g/mol. The number of allylic oxidation sites excluding steroid dienone is 1. The zero-order valence-corrected chi connectivity index (χ0v) is 20.2. The molecule has 0 fully saturated rings. The van der Waals surface area contributed by atoms with Crippen LogP contribution in [0.5, 0.6) is 5.88 Å². The maximum atomic E-state index is 11.1. The summed E-state index contributed by atoms with van der Waals surface area (Å²) in [5, 5.41) is 19.0. The third-order valence-corrected chi connectivity index (χ3v) is 5.90. The molecule has 7 nitrogen and oxygen atoms in total. The molecule has 1 aliphatic rings. The Morgan fingerprint density at radius 1 is 0.972 bits per heavy atom. The number of anilines is 1. The first-order valence-electron chi connectivity index (χ1n) is 11.5. The lowest BCUT2D eigenvalue weighted by Gasteiger charge is -2.10. The van der Waals surface area contributed by atoms with Gasteiger partial charge in [0.05, 0.1) is 11.9 Å². The third-order valence-electron chi connectivity index (χ3n) is 5.63. The van der Waals surface area contributed by atoms with Crippen LogP contribution in [0.25, 0.3) is 11.6 Å². The van der Waals surface area contributed by atoms with Gasteiger partial charge >= 0.3 is 0 Å². The molecule has 3 N–H and O–H groups in total. The summed E-state index contributed by atoms with van der Waals surface area (Å²) in [5.41, 5.74) is 7.97. The number of para-hydroxylation sites is 2. The van der Waals surface area contributed by atoms with E-state index >= 15 is 0 Å². The molecule has 0 amide bonds. The van der Waals surface area contributed by atoms with E-state index in [4.69, 9.17) is 17.2 Å². The number of nitrogens with one attached hydrogen (secondary N) is 2. The zero-order valence-electron chi connectivity index (χ0n) is 19.4. The van der Waals surface area contributed by atoms with Crippen LogP contribution in [0.3, 0.4) is 0 Å². The van der Waals surface area contributed by atoms with Crippen LogP contribution in [0, 0.1) is 0 Å². The summed E-state index contributed by atoms with van der Waals surface area (Å²) in [6.07, 6.45) is 5.80. The molecule has 0 saturated heterocycles. The summed E-state index contributed by atoms with van der Waals surface area (Å²) in [6.45, 7) is 0.608. The van der Waals surface area contributed by atoms with E-state index in [1.54, 1.807) is 12.4 Å². The topological polar surface area (TPSA) is 86.8 Å². The molecule has 0 bridgehead atoms. The van der Waals surface area contributed by atoms with Gasteiger partial charge in [-0.05, 0) is 42.1 Å². The van der Waals surface area contributed by atoms with Gasteiger partial charge in [-0.3, -0.25) is 10.4 Å². The standard InChI is InChI=1S/C28H24N6OS/c35-27-25(17-21-19-30-24-14-8-7-13-23(21)24)32-26(15-16-29-22-11-5-2-6-12-22)34(27)28(36)33-31-18-20-9-3-1-4-10-20/h1-14,17-19,29,35H,15-16H2,(H,33,36)/b21-17+,31-18+. The first-order valence-corrected chi connectivity index (χ1v) is 11.9. The van der Waals surface area contributed by atoms with Crippen molar-refractivity contribution in [3.8, 4) is 5.88 Å². The van der Waals surface area contributed by atoms with E-state index in [1.165, 1.54) is 4.57 Å². The van der Waals surface area contributed by atoms with E-state index in [9.17, 15) is 5.11 Å². The molecule has 0 radical (unpaired) electrons. The van der Waals surface area contributed by atoms with Gasteiger partial charge in [-0.1, -0.05) is 66.7 Å². The summed E-state index contributed by atoms with van der Waals surface area (Å²) >= 11 is 5.58. The Morgan fingerprint density at radius 2 is 1.69 bits per heavy atom. The van der Waals surface area contributed by atoms with Crippen molar-refractivity contribution in [3.05, 3.63) is 108 Å². The number of fused-ring (bicyclic) bond motifs is 1. The highest BCUT2D eigenvalue weighted by molar-refractivity contribution is 7.80. The van der Waals surface area contributed by atoms with E-state index in [-0.39, 0.29) is 11.0 Å². The molecule has 3 aromatic carbocycles. The molecule has 1 aromatic heterocycles. The van der Waals surface area contributed by atoms with E-state index < -0.39 is 0 Å². The number of nitrogens with zero attached hydrogens (tertiary/aromatic N) is 4. The van der Waals surface area contributed by atoms with Crippen LogP contribution >= 0.6 is 12.2 Å². The number of rotatable bonds is 7. The van der Waals surface area contributed by atoms with E-state index in [2.05, 4.69) is 20.8 Å². The van der Waals surface area contributed by atoms with Gasteiger partial charge in [0.2, 0.25) is 11.0 Å². The van der Waals surface area contributed by atoms with Crippen molar-refractivity contribution >= 4 is 52.8 Å². The number of benzene rings is 3. The van der Waals surface area contributed by atoms with Crippen molar-refractivity contribution in [2.24, 2.45) is 10.1 Å². The molecule has 0 unspecified atom stereocenters. The summed E-state index contributed by atoms with van der Waals surface area (Å²) < 4.78 is 1.52. The van der Waals surface area contributed by atoms with Gasteiger partial charge in [0, 0.05) is 36.0 Å². The fourth-order valence-corrected chi connectivity index (χ4v) is 4.13. The Labute approximate surface area is 214 Å². The van der Waals surface area contributed by atoms with Gasteiger partial charge in [0.25, 0.3) is 0 Å². The lowest BCUT2D eigenvalue weighted by molar-refractivity contribution is 0.443.